The fourth-order valence-corrected chi connectivity index (χ4v) is 1.95. The second-order valence-corrected chi connectivity index (χ2v) is 5.00. The van der Waals surface area contributed by atoms with Gasteiger partial charge in [-0.3, -0.25) is 20.6 Å². The third-order valence-electron chi connectivity index (χ3n) is 2.84. The Balaban J connectivity index is 1.89. The number of amides is 1. The highest BCUT2D eigenvalue weighted by atomic mass is 32.1. The van der Waals surface area contributed by atoms with Crippen LogP contribution in [0.3, 0.4) is 0 Å². The summed E-state index contributed by atoms with van der Waals surface area (Å²) in [6, 6.07) is 9.36. The Morgan fingerprint density at radius 2 is 2.00 bits per heavy atom. The average Bonchev–Trinajstić information content (AvgIpc) is 2.48. The summed E-state index contributed by atoms with van der Waals surface area (Å²) in [6.45, 7) is 4.02. The molecule has 2 aromatic rings. The maximum Gasteiger partial charge on any atom is 0.271 e. The Morgan fingerprint density at radius 1 is 1.19 bits per heavy atom. The van der Waals surface area contributed by atoms with Crippen molar-refractivity contribution in [2.75, 3.05) is 5.32 Å². The van der Waals surface area contributed by atoms with Gasteiger partial charge in [-0.1, -0.05) is 17.7 Å². The van der Waals surface area contributed by atoms with Gasteiger partial charge in [-0.25, -0.2) is 0 Å². The Hall–Kier alpha value is -2.47. The minimum absolute atomic E-state index is 0.298. The lowest BCUT2D eigenvalue weighted by Gasteiger charge is -2.13. The Kier molecular flexibility index (Phi) is 4.84. The number of hydrogen-bond donors (Lipinski definition) is 3. The number of thiocarbonyl (C=S) groups is 1. The zero-order valence-electron chi connectivity index (χ0n) is 11.8. The van der Waals surface area contributed by atoms with Gasteiger partial charge in [-0.05, 0) is 49.8 Å². The van der Waals surface area contributed by atoms with Crippen molar-refractivity contribution < 1.29 is 4.79 Å². The van der Waals surface area contributed by atoms with Gasteiger partial charge < -0.3 is 5.32 Å². The van der Waals surface area contributed by atoms with E-state index in [4.69, 9.17) is 12.2 Å². The fourth-order valence-electron chi connectivity index (χ4n) is 1.79. The topological polar surface area (TPSA) is 66.0 Å². The molecule has 0 aliphatic rings. The van der Waals surface area contributed by atoms with Crippen LogP contribution in [0.2, 0.25) is 0 Å². The second kappa shape index (κ2) is 6.81. The number of benzene rings is 1. The van der Waals surface area contributed by atoms with E-state index in [9.17, 15) is 4.79 Å². The highest BCUT2D eigenvalue weighted by molar-refractivity contribution is 7.80. The van der Waals surface area contributed by atoms with Crippen molar-refractivity contribution in [2.45, 2.75) is 13.8 Å². The molecule has 0 bridgehead atoms. The monoisotopic (exact) mass is 300 g/mol. The van der Waals surface area contributed by atoms with Crippen LogP contribution in [0.25, 0.3) is 0 Å². The van der Waals surface area contributed by atoms with Gasteiger partial charge in [-0.15, -0.1) is 0 Å². The van der Waals surface area contributed by atoms with E-state index in [0.717, 1.165) is 11.3 Å². The molecule has 0 atom stereocenters. The van der Waals surface area contributed by atoms with Crippen molar-refractivity contribution >= 4 is 28.9 Å². The molecule has 6 heteroatoms. The van der Waals surface area contributed by atoms with Crippen molar-refractivity contribution in [1.29, 1.82) is 0 Å². The molecule has 1 heterocycles. The molecular weight excluding hydrogens is 284 g/mol. The summed E-state index contributed by atoms with van der Waals surface area (Å²) in [4.78, 5) is 15.7. The molecule has 0 unspecified atom stereocenters. The van der Waals surface area contributed by atoms with Gasteiger partial charge in [-0.2, -0.15) is 0 Å². The Bertz CT molecular complexity index is 658. The van der Waals surface area contributed by atoms with Gasteiger partial charge in [0.25, 0.3) is 5.91 Å². The smallest absolute Gasteiger partial charge is 0.271 e. The van der Waals surface area contributed by atoms with Gasteiger partial charge in [0, 0.05) is 18.1 Å². The van der Waals surface area contributed by atoms with Gasteiger partial charge in [0.05, 0.1) is 5.56 Å². The fraction of sp³-hybridized carbons (Fsp3) is 0.133. The van der Waals surface area contributed by atoms with Crippen LogP contribution < -0.4 is 16.2 Å². The van der Waals surface area contributed by atoms with E-state index in [0.29, 0.717) is 10.7 Å². The van der Waals surface area contributed by atoms with Crippen LogP contribution in [0.5, 0.6) is 0 Å². The molecule has 0 radical (unpaired) electrons. The van der Waals surface area contributed by atoms with Crippen molar-refractivity contribution in [1.82, 2.24) is 15.8 Å². The number of pyridine rings is 1. The third-order valence-corrected chi connectivity index (χ3v) is 3.05. The summed E-state index contributed by atoms with van der Waals surface area (Å²) in [7, 11) is 0. The van der Waals surface area contributed by atoms with Crippen LogP contribution in [0.15, 0.2) is 42.7 Å². The van der Waals surface area contributed by atoms with E-state index in [1.165, 1.54) is 11.8 Å². The van der Waals surface area contributed by atoms with Crippen LogP contribution in [-0.4, -0.2) is 16.0 Å². The van der Waals surface area contributed by atoms with Crippen LogP contribution >= 0.6 is 12.2 Å². The van der Waals surface area contributed by atoms with E-state index < -0.39 is 0 Å². The maximum absolute atomic E-state index is 11.8. The maximum atomic E-state index is 11.8. The highest BCUT2D eigenvalue weighted by Gasteiger charge is 2.06. The molecule has 1 aromatic heterocycles. The first-order valence-corrected chi connectivity index (χ1v) is 6.81. The van der Waals surface area contributed by atoms with Gasteiger partial charge in [0.15, 0.2) is 5.11 Å². The summed E-state index contributed by atoms with van der Waals surface area (Å²) in [5.74, 6) is -0.298. The number of hydrazine groups is 1. The van der Waals surface area contributed by atoms with Crippen molar-refractivity contribution in [3.63, 3.8) is 0 Å². The number of carbonyl (C=O) groups is 1. The molecule has 108 valence electrons. The van der Waals surface area contributed by atoms with Crippen molar-refractivity contribution in [3.8, 4) is 0 Å². The minimum atomic E-state index is -0.298. The lowest BCUT2D eigenvalue weighted by atomic mass is 10.1. The van der Waals surface area contributed by atoms with Gasteiger partial charge in [0.1, 0.15) is 0 Å². The number of nitrogens with zero attached hydrogens (tertiary/aromatic N) is 1. The Labute approximate surface area is 128 Å². The molecular formula is C15H16N4OS. The van der Waals surface area contributed by atoms with Gasteiger partial charge >= 0.3 is 0 Å². The lowest BCUT2D eigenvalue weighted by molar-refractivity contribution is 0.0944. The summed E-state index contributed by atoms with van der Waals surface area (Å²) in [5, 5.41) is 3.35. The predicted molar refractivity (Wildman–Crippen MR) is 87.0 cm³/mol. The molecule has 1 aromatic carbocycles. The first-order chi connectivity index (χ1) is 10.1. The first-order valence-electron chi connectivity index (χ1n) is 6.41. The van der Waals surface area contributed by atoms with E-state index in [1.807, 2.05) is 26.0 Å². The third kappa shape index (κ3) is 4.25. The average molecular weight is 300 g/mol. The number of aryl methyl sites for hydroxylation is 2. The summed E-state index contributed by atoms with van der Waals surface area (Å²) in [5.41, 5.74) is 8.80. The Morgan fingerprint density at radius 3 is 2.67 bits per heavy atom. The number of anilines is 1. The molecule has 0 saturated heterocycles. The van der Waals surface area contributed by atoms with E-state index >= 15 is 0 Å². The number of hydrogen-bond acceptors (Lipinski definition) is 3. The predicted octanol–water partition coefficient (Wildman–Crippen LogP) is 2.33. The minimum Gasteiger partial charge on any atom is -0.331 e. The van der Waals surface area contributed by atoms with Crippen molar-refractivity contribution in [2.24, 2.45) is 0 Å². The quantitative estimate of drug-likeness (QED) is 0.587. The van der Waals surface area contributed by atoms with E-state index in [1.54, 1.807) is 18.3 Å². The largest absolute Gasteiger partial charge is 0.331 e. The molecule has 0 aliphatic carbocycles. The lowest BCUT2D eigenvalue weighted by Crippen LogP contribution is -2.43. The number of rotatable bonds is 2. The highest BCUT2D eigenvalue weighted by Crippen LogP contribution is 2.15. The molecule has 3 N–H and O–H groups in total. The van der Waals surface area contributed by atoms with Crippen LogP contribution in [0.1, 0.15) is 21.5 Å². The summed E-state index contributed by atoms with van der Waals surface area (Å²) in [6.07, 6.45) is 3.09. The first kappa shape index (κ1) is 14.9. The molecule has 0 aliphatic heterocycles. The van der Waals surface area contributed by atoms with E-state index in [-0.39, 0.29) is 5.91 Å². The molecule has 0 fully saturated rings. The van der Waals surface area contributed by atoms with E-state index in [2.05, 4.69) is 27.2 Å². The van der Waals surface area contributed by atoms with Crippen molar-refractivity contribution in [3.05, 3.63) is 59.4 Å². The molecule has 2 rings (SSSR count). The van der Waals surface area contributed by atoms with Gasteiger partial charge in [0.2, 0.25) is 0 Å². The molecule has 0 spiro atoms. The summed E-state index contributed by atoms with van der Waals surface area (Å²) >= 11 is 5.14. The zero-order chi connectivity index (χ0) is 15.2. The SMILES string of the molecule is Cc1ccc(NC(=S)NNC(=O)c2cccnc2)c(C)c1. The van der Waals surface area contributed by atoms with Crippen LogP contribution in [-0.2, 0) is 0 Å². The second-order valence-electron chi connectivity index (χ2n) is 4.59. The molecule has 0 saturated carbocycles. The standard InChI is InChI=1S/C15H16N4OS/c1-10-5-6-13(11(2)8-10)17-15(21)19-18-14(20)12-4-3-7-16-9-12/h3-9H,1-2H3,(H,18,20)(H2,17,19,21). The molecule has 5 nitrogen and oxygen atoms in total. The number of nitrogens with one attached hydrogen (secondary N) is 3. The molecule has 1 amide bonds. The zero-order valence-corrected chi connectivity index (χ0v) is 12.6. The number of aromatic nitrogens is 1. The van der Waals surface area contributed by atoms with Crippen LogP contribution in [0, 0.1) is 13.8 Å². The van der Waals surface area contributed by atoms with Crippen LogP contribution in [0.4, 0.5) is 5.69 Å². The summed E-state index contributed by atoms with van der Waals surface area (Å²) < 4.78 is 0. The number of carbonyl (C=O) groups excluding carboxylic acids is 1. The molecule has 21 heavy (non-hydrogen) atoms. The normalized spacial score (nSPS) is 9.81.